The maximum absolute atomic E-state index is 11.3. The summed E-state index contributed by atoms with van der Waals surface area (Å²) in [5, 5.41) is 13.8. The maximum atomic E-state index is 11.3. The van der Waals surface area contributed by atoms with E-state index >= 15 is 0 Å². The Morgan fingerprint density at radius 1 is 1.53 bits per heavy atom. The molecule has 1 fully saturated rings. The molecule has 5 heteroatoms. The third-order valence-corrected chi connectivity index (χ3v) is 4.23. The zero-order valence-corrected chi connectivity index (χ0v) is 12.2. The topological polar surface area (TPSA) is 58.4 Å². The van der Waals surface area contributed by atoms with E-state index in [1.54, 1.807) is 0 Å². The largest absolute Gasteiger partial charge is 0.480 e. The predicted octanol–water partition coefficient (Wildman–Crippen LogP) is 2.13. The number of aryl methyl sites for hydroxylation is 2. The van der Waals surface area contributed by atoms with Gasteiger partial charge in [0.1, 0.15) is 6.04 Å². The quantitative estimate of drug-likeness (QED) is 0.906. The molecule has 0 aromatic carbocycles. The molecule has 0 aliphatic carbocycles. The van der Waals surface area contributed by atoms with E-state index in [9.17, 15) is 9.90 Å². The molecule has 2 unspecified atom stereocenters. The Labute approximate surface area is 114 Å². The van der Waals surface area contributed by atoms with Gasteiger partial charge in [0.2, 0.25) is 0 Å². The van der Waals surface area contributed by atoms with E-state index in [0.717, 1.165) is 37.3 Å². The van der Waals surface area contributed by atoms with Gasteiger partial charge in [-0.3, -0.25) is 14.4 Å². The van der Waals surface area contributed by atoms with Crippen molar-refractivity contribution in [2.75, 3.05) is 6.54 Å². The van der Waals surface area contributed by atoms with Crippen LogP contribution in [0.5, 0.6) is 0 Å². The van der Waals surface area contributed by atoms with Crippen molar-refractivity contribution in [3.63, 3.8) is 0 Å². The van der Waals surface area contributed by atoms with Gasteiger partial charge in [-0.2, -0.15) is 5.10 Å². The highest BCUT2D eigenvalue weighted by Gasteiger charge is 2.35. The van der Waals surface area contributed by atoms with Crippen molar-refractivity contribution in [3.8, 4) is 0 Å². The van der Waals surface area contributed by atoms with Gasteiger partial charge in [-0.1, -0.05) is 0 Å². The molecule has 1 N–H and O–H groups in total. The summed E-state index contributed by atoms with van der Waals surface area (Å²) in [7, 11) is 0. The molecule has 2 atom stereocenters. The SMILES string of the molecule is CCn1nc(C)c(C(C)N2CCCC2C(=O)O)c1C. The van der Waals surface area contributed by atoms with Crippen LogP contribution in [0.25, 0.3) is 0 Å². The van der Waals surface area contributed by atoms with Crippen molar-refractivity contribution < 1.29 is 9.90 Å². The van der Waals surface area contributed by atoms with Crippen molar-refractivity contribution in [2.45, 2.75) is 59.2 Å². The molecule has 0 amide bonds. The minimum atomic E-state index is -0.706. The number of aliphatic carboxylic acids is 1. The molecule has 106 valence electrons. The van der Waals surface area contributed by atoms with Gasteiger partial charge in [0.15, 0.2) is 0 Å². The predicted molar refractivity (Wildman–Crippen MR) is 73.2 cm³/mol. The summed E-state index contributed by atoms with van der Waals surface area (Å²) in [6.45, 7) is 9.95. The Kier molecular flexibility index (Phi) is 3.94. The number of likely N-dealkylation sites (tertiary alicyclic amines) is 1. The first kappa shape index (κ1) is 14.1. The molecule has 0 saturated carbocycles. The van der Waals surface area contributed by atoms with Crippen LogP contribution in [0.4, 0.5) is 0 Å². The molecule has 1 aliphatic heterocycles. The average molecular weight is 265 g/mol. The third-order valence-electron chi connectivity index (χ3n) is 4.23. The summed E-state index contributed by atoms with van der Waals surface area (Å²) in [5.41, 5.74) is 3.36. The molecule has 0 spiro atoms. The average Bonchev–Trinajstić information content (AvgIpc) is 2.93. The number of hydrogen-bond acceptors (Lipinski definition) is 3. The van der Waals surface area contributed by atoms with Crippen LogP contribution in [0.1, 0.15) is 49.7 Å². The Morgan fingerprint density at radius 3 is 2.74 bits per heavy atom. The van der Waals surface area contributed by atoms with E-state index in [-0.39, 0.29) is 12.1 Å². The number of carbonyl (C=O) groups is 1. The molecular weight excluding hydrogens is 242 g/mol. The highest BCUT2D eigenvalue weighted by Crippen LogP contribution is 2.32. The second kappa shape index (κ2) is 5.33. The van der Waals surface area contributed by atoms with Crippen molar-refractivity contribution in [2.24, 2.45) is 0 Å². The van der Waals surface area contributed by atoms with Crippen LogP contribution >= 0.6 is 0 Å². The molecule has 2 rings (SSSR count). The summed E-state index contributed by atoms with van der Waals surface area (Å²) in [6, 6.07) is -0.234. The van der Waals surface area contributed by atoms with Gasteiger partial charge < -0.3 is 5.11 Å². The van der Waals surface area contributed by atoms with Gasteiger partial charge in [-0.05, 0) is 47.1 Å². The number of carboxylic acids is 1. The lowest BCUT2D eigenvalue weighted by atomic mass is 10.0. The molecule has 2 heterocycles. The number of nitrogens with zero attached hydrogens (tertiary/aromatic N) is 3. The lowest BCUT2D eigenvalue weighted by Crippen LogP contribution is -2.38. The van der Waals surface area contributed by atoms with Crippen LogP contribution in [0.15, 0.2) is 0 Å². The molecule has 1 aromatic rings. The van der Waals surface area contributed by atoms with E-state index in [0.29, 0.717) is 0 Å². The van der Waals surface area contributed by atoms with E-state index in [1.165, 1.54) is 5.56 Å². The van der Waals surface area contributed by atoms with Gasteiger partial charge in [0, 0.05) is 23.8 Å². The van der Waals surface area contributed by atoms with Crippen molar-refractivity contribution >= 4 is 5.97 Å². The van der Waals surface area contributed by atoms with Gasteiger partial charge in [-0.15, -0.1) is 0 Å². The number of hydrogen-bond donors (Lipinski definition) is 1. The van der Waals surface area contributed by atoms with Crippen molar-refractivity contribution in [3.05, 3.63) is 17.0 Å². The minimum Gasteiger partial charge on any atom is -0.480 e. The molecule has 1 saturated heterocycles. The van der Waals surface area contributed by atoms with E-state index < -0.39 is 5.97 Å². The normalized spacial score (nSPS) is 21.8. The fourth-order valence-electron chi connectivity index (χ4n) is 3.31. The summed E-state index contributed by atoms with van der Waals surface area (Å²) < 4.78 is 1.99. The number of rotatable bonds is 4. The minimum absolute atomic E-state index is 0.115. The standard InChI is InChI=1S/C14H23N3O2/c1-5-17-11(4)13(9(2)15-17)10(3)16-8-6-7-12(16)14(18)19/h10,12H,5-8H2,1-4H3,(H,18,19). The molecule has 1 aliphatic rings. The zero-order valence-electron chi connectivity index (χ0n) is 12.2. The Hall–Kier alpha value is -1.36. The highest BCUT2D eigenvalue weighted by molar-refractivity contribution is 5.73. The monoisotopic (exact) mass is 265 g/mol. The molecule has 1 aromatic heterocycles. The maximum Gasteiger partial charge on any atom is 0.320 e. The zero-order chi connectivity index (χ0) is 14.2. The number of carboxylic acid groups (broad SMARTS) is 1. The van der Waals surface area contributed by atoms with Gasteiger partial charge >= 0.3 is 5.97 Å². The van der Waals surface area contributed by atoms with Crippen LogP contribution in [-0.4, -0.2) is 38.3 Å². The second-order valence-electron chi connectivity index (χ2n) is 5.31. The van der Waals surface area contributed by atoms with Gasteiger partial charge in [0.05, 0.1) is 5.69 Å². The fourth-order valence-corrected chi connectivity index (χ4v) is 3.31. The van der Waals surface area contributed by atoms with Crippen LogP contribution in [0.2, 0.25) is 0 Å². The van der Waals surface area contributed by atoms with E-state index in [2.05, 4.69) is 30.8 Å². The summed E-state index contributed by atoms with van der Waals surface area (Å²) in [4.78, 5) is 13.4. The molecule has 0 bridgehead atoms. The van der Waals surface area contributed by atoms with Crippen LogP contribution in [0, 0.1) is 13.8 Å². The Morgan fingerprint density at radius 2 is 2.21 bits per heavy atom. The Bertz CT molecular complexity index is 481. The van der Waals surface area contributed by atoms with Crippen molar-refractivity contribution in [1.29, 1.82) is 0 Å². The highest BCUT2D eigenvalue weighted by atomic mass is 16.4. The first-order chi connectivity index (χ1) is 8.97. The first-order valence-electron chi connectivity index (χ1n) is 6.99. The molecular formula is C14H23N3O2. The summed E-state index contributed by atoms with van der Waals surface area (Å²) in [5.74, 6) is -0.706. The fraction of sp³-hybridized carbons (Fsp3) is 0.714. The third kappa shape index (κ3) is 2.39. The first-order valence-corrected chi connectivity index (χ1v) is 6.99. The lowest BCUT2D eigenvalue weighted by molar-refractivity contribution is -0.142. The summed E-state index contributed by atoms with van der Waals surface area (Å²) in [6.07, 6.45) is 1.71. The van der Waals surface area contributed by atoms with Crippen LogP contribution in [-0.2, 0) is 11.3 Å². The van der Waals surface area contributed by atoms with Crippen LogP contribution in [0.3, 0.4) is 0 Å². The van der Waals surface area contributed by atoms with E-state index in [4.69, 9.17) is 0 Å². The molecule has 0 radical (unpaired) electrons. The van der Waals surface area contributed by atoms with Crippen molar-refractivity contribution in [1.82, 2.24) is 14.7 Å². The second-order valence-corrected chi connectivity index (χ2v) is 5.31. The Balaban J connectivity index is 2.31. The lowest BCUT2D eigenvalue weighted by Gasteiger charge is -2.28. The smallest absolute Gasteiger partial charge is 0.320 e. The van der Waals surface area contributed by atoms with Gasteiger partial charge in [-0.25, -0.2) is 0 Å². The molecule has 19 heavy (non-hydrogen) atoms. The van der Waals surface area contributed by atoms with E-state index in [1.807, 2.05) is 11.6 Å². The molecule has 5 nitrogen and oxygen atoms in total. The summed E-state index contributed by atoms with van der Waals surface area (Å²) >= 11 is 0. The van der Waals surface area contributed by atoms with Gasteiger partial charge in [0.25, 0.3) is 0 Å². The van der Waals surface area contributed by atoms with Crippen LogP contribution < -0.4 is 0 Å². The number of aromatic nitrogens is 2.